The van der Waals surface area contributed by atoms with Crippen LogP contribution in [0.2, 0.25) is 0 Å². The molecule has 3 aromatic rings. The molecule has 1 saturated heterocycles. The summed E-state index contributed by atoms with van der Waals surface area (Å²) in [7, 11) is -0.0671. The number of alkyl halides is 2. The molecule has 2 aliphatic rings. The molecule has 0 spiro atoms. The summed E-state index contributed by atoms with van der Waals surface area (Å²) in [6.07, 6.45) is 3.81. The number of amides is 1. The van der Waals surface area contributed by atoms with Crippen molar-refractivity contribution in [2.45, 2.75) is 63.8 Å². The van der Waals surface area contributed by atoms with Crippen LogP contribution >= 0.6 is 0 Å². The highest BCUT2D eigenvalue weighted by atomic mass is 32.2. The highest BCUT2D eigenvalue weighted by molar-refractivity contribution is 7.83. The lowest BCUT2D eigenvalue weighted by molar-refractivity contribution is 0.0490. The fraction of sp³-hybridized carbons (Fsp3) is 0.538. The molecule has 39 heavy (non-hydrogen) atoms. The van der Waals surface area contributed by atoms with Crippen molar-refractivity contribution in [1.29, 1.82) is 0 Å². The van der Waals surface area contributed by atoms with Crippen molar-refractivity contribution in [3.63, 3.8) is 0 Å². The number of aryl methyl sites for hydroxylation is 1. The summed E-state index contributed by atoms with van der Waals surface area (Å²) >= 11 is 0. The van der Waals surface area contributed by atoms with Crippen molar-refractivity contribution in [3.05, 3.63) is 41.9 Å². The van der Waals surface area contributed by atoms with Crippen LogP contribution in [-0.4, -0.2) is 59.3 Å². The van der Waals surface area contributed by atoms with Gasteiger partial charge in [0.1, 0.15) is 17.3 Å². The zero-order valence-corrected chi connectivity index (χ0v) is 23.7. The van der Waals surface area contributed by atoms with E-state index in [1.165, 1.54) is 17.8 Å². The van der Waals surface area contributed by atoms with Gasteiger partial charge in [0, 0.05) is 37.8 Å². The maximum atomic E-state index is 13.6. The van der Waals surface area contributed by atoms with Crippen molar-refractivity contribution in [3.8, 4) is 11.7 Å². The molecule has 3 unspecified atom stereocenters. The first kappa shape index (κ1) is 27.2. The molecule has 210 valence electrons. The van der Waals surface area contributed by atoms with Crippen LogP contribution in [0.5, 0.6) is 5.88 Å². The average molecular weight is 562 g/mol. The smallest absolute Gasteiger partial charge is 0.266 e. The van der Waals surface area contributed by atoms with Gasteiger partial charge in [0.05, 0.1) is 22.9 Å². The molecule has 1 saturated carbocycles. The molecule has 13 heteroatoms. The predicted octanol–water partition coefficient (Wildman–Crippen LogP) is 3.81. The SMILES string of the molecule is Cc1c(S(=O)NC(=O)c2ccc(-n3ccc(OCC4(C)CC4(F)F)n3)nc2N2CC(C)CC2(C)C)cnn1C. The Hall–Kier alpha value is -3.35. The number of halogens is 2. The third-order valence-corrected chi connectivity index (χ3v) is 8.89. The Morgan fingerprint density at radius 3 is 2.56 bits per heavy atom. The van der Waals surface area contributed by atoms with Crippen molar-refractivity contribution in [1.82, 2.24) is 29.3 Å². The number of carbonyl (C=O) groups is 1. The molecule has 1 amide bonds. The molecular weight excluding hydrogens is 528 g/mol. The Morgan fingerprint density at radius 2 is 1.97 bits per heavy atom. The Kier molecular flexibility index (Phi) is 6.55. The highest BCUT2D eigenvalue weighted by Gasteiger charge is 2.68. The summed E-state index contributed by atoms with van der Waals surface area (Å²) in [5.74, 6) is -1.78. The number of hydrogen-bond acceptors (Lipinski definition) is 7. The Balaban J connectivity index is 1.43. The van der Waals surface area contributed by atoms with Crippen molar-refractivity contribution < 1.29 is 22.5 Å². The third-order valence-electron chi connectivity index (χ3n) is 7.72. The van der Waals surface area contributed by atoms with E-state index < -0.39 is 28.2 Å². The standard InChI is InChI=1S/C26H33F2N7O3S/c1-16-11-24(3,4)34(13-16)22-18(23(36)32-39(37)19-12-29-33(6)17(19)2)7-8-20(30-22)35-10-9-21(31-35)38-15-25(5)14-26(25,27)28/h7-10,12,16H,11,13-15H2,1-6H3,(H,32,36). The summed E-state index contributed by atoms with van der Waals surface area (Å²) in [5, 5.41) is 8.47. The molecule has 0 aromatic carbocycles. The lowest BCUT2D eigenvalue weighted by Crippen LogP contribution is -2.40. The van der Waals surface area contributed by atoms with Crippen molar-refractivity contribution in [2.75, 3.05) is 18.1 Å². The monoisotopic (exact) mass is 561 g/mol. The number of carbonyl (C=O) groups excluding carboxylic acids is 1. The Morgan fingerprint density at radius 1 is 1.26 bits per heavy atom. The number of pyridine rings is 1. The Bertz CT molecular complexity index is 1450. The number of anilines is 1. The largest absolute Gasteiger partial charge is 0.476 e. The van der Waals surface area contributed by atoms with Gasteiger partial charge in [-0.2, -0.15) is 5.10 Å². The first-order valence-corrected chi connectivity index (χ1v) is 13.9. The molecule has 0 bridgehead atoms. The average Bonchev–Trinajstić information content (AvgIpc) is 3.29. The topological polar surface area (TPSA) is 107 Å². The van der Waals surface area contributed by atoms with E-state index in [0.717, 1.165) is 6.42 Å². The second kappa shape index (κ2) is 9.39. The number of ether oxygens (including phenoxy) is 1. The van der Waals surface area contributed by atoms with E-state index in [1.54, 1.807) is 43.0 Å². The second-order valence-electron chi connectivity index (χ2n) is 11.5. The quantitative estimate of drug-likeness (QED) is 0.446. The van der Waals surface area contributed by atoms with Crippen molar-refractivity contribution in [2.24, 2.45) is 18.4 Å². The van der Waals surface area contributed by atoms with Gasteiger partial charge < -0.3 is 9.64 Å². The van der Waals surface area contributed by atoms with Crippen LogP contribution in [0, 0.1) is 18.3 Å². The second-order valence-corrected chi connectivity index (χ2v) is 12.7. The molecule has 1 aliphatic heterocycles. The predicted molar refractivity (Wildman–Crippen MR) is 142 cm³/mol. The van der Waals surface area contributed by atoms with Gasteiger partial charge in [-0.05, 0) is 45.2 Å². The molecule has 5 rings (SSSR count). The number of rotatable bonds is 8. The minimum atomic E-state index is -2.72. The molecule has 10 nitrogen and oxygen atoms in total. The number of aromatic nitrogens is 5. The summed E-state index contributed by atoms with van der Waals surface area (Å²) in [6.45, 7) is 10.2. The normalized spacial score (nSPS) is 24.0. The van der Waals surface area contributed by atoms with Gasteiger partial charge in [-0.3, -0.25) is 14.2 Å². The zero-order chi connectivity index (χ0) is 28.3. The van der Waals surface area contributed by atoms with E-state index in [-0.39, 0.29) is 30.0 Å². The van der Waals surface area contributed by atoms with E-state index in [0.29, 0.717) is 34.7 Å². The lowest BCUT2D eigenvalue weighted by Gasteiger charge is -2.34. The summed E-state index contributed by atoms with van der Waals surface area (Å²) in [4.78, 5) is 20.7. The minimum Gasteiger partial charge on any atom is -0.476 e. The number of hydrogen-bond donors (Lipinski definition) is 1. The van der Waals surface area contributed by atoms with Gasteiger partial charge in [0.15, 0.2) is 16.8 Å². The third kappa shape index (κ3) is 5.04. The molecule has 1 N–H and O–H groups in total. The van der Waals surface area contributed by atoms with Gasteiger partial charge in [0.2, 0.25) is 5.88 Å². The maximum Gasteiger partial charge on any atom is 0.266 e. The van der Waals surface area contributed by atoms with E-state index in [1.807, 2.05) is 0 Å². The summed E-state index contributed by atoms with van der Waals surface area (Å²) < 4.78 is 51.3. The van der Waals surface area contributed by atoms with Crippen LogP contribution in [0.3, 0.4) is 0 Å². The first-order valence-electron chi connectivity index (χ1n) is 12.8. The van der Waals surface area contributed by atoms with Gasteiger partial charge in [-0.25, -0.2) is 22.7 Å². The summed E-state index contributed by atoms with van der Waals surface area (Å²) in [6, 6.07) is 4.86. The zero-order valence-electron chi connectivity index (χ0n) is 22.9. The molecule has 2 fully saturated rings. The molecular formula is C26H33F2N7O3S. The molecule has 3 aromatic heterocycles. The molecule has 3 atom stereocenters. The van der Waals surface area contributed by atoms with E-state index in [2.05, 4.69) is 40.6 Å². The van der Waals surface area contributed by atoms with Crippen LogP contribution < -0.4 is 14.4 Å². The van der Waals surface area contributed by atoms with E-state index in [9.17, 15) is 17.8 Å². The van der Waals surface area contributed by atoms with E-state index in [4.69, 9.17) is 9.72 Å². The number of nitrogens with one attached hydrogen (secondary N) is 1. The molecule has 4 heterocycles. The Labute approximate surface area is 228 Å². The molecule has 1 aliphatic carbocycles. The van der Waals surface area contributed by atoms with Gasteiger partial charge in [0.25, 0.3) is 11.8 Å². The van der Waals surface area contributed by atoms with Gasteiger partial charge >= 0.3 is 0 Å². The van der Waals surface area contributed by atoms with Crippen LogP contribution in [0.1, 0.15) is 56.6 Å². The summed E-state index contributed by atoms with van der Waals surface area (Å²) in [5.41, 5.74) is -0.483. The fourth-order valence-corrected chi connectivity index (χ4v) is 6.04. The van der Waals surface area contributed by atoms with Crippen LogP contribution in [0.25, 0.3) is 5.82 Å². The van der Waals surface area contributed by atoms with Crippen LogP contribution in [-0.2, 0) is 18.0 Å². The van der Waals surface area contributed by atoms with Gasteiger partial charge in [-0.1, -0.05) is 13.8 Å². The fourth-order valence-electron chi connectivity index (χ4n) is 5.11. The lowest BCUT2D eigenvalue weighted by atomic mass is 9.97. The minimum absolute atomic E-state index is 0.137. The van der Waals surface area contributed by atoms with E-state index >= 15 is 0 Å². The van der Waals surface area contributed by atoms with Crippen molar-refractivity contribution >= 4 is 22.7 Å². The highest BCUT2D eigenvalue weighted by Crippen LogP contribution is 2.60. The number of nitrogens with zero attached hydrogens (tertiary/aromatic N) is 6. The van der Waals surface area contributed by atoms with Crippen LogP contribution in [0.4, 0.5) is 14.6 Å². The maximum absolute atomic E-state index is 13.6. The van der Waals surface area contributed by atoms with Gasteiger partial charge in [-0.15, -0.1) is 5.10 Å². The first-order chi connectivity index (χ1) is 18.2. The molecule has 0 radical (unpaired) electrons. The van der Waals surface area contributed by atoms with Crippen LogP contribution in [0.15, 0.2) is 35.5 Å².